The minimum absolute atomic E-state index is 0.0650. The third-order valence-corrected chi connectivity index (χ3v) is 5.27. The molecule has 3 aromatic rings. The van der Waals surface area contributed by atoms with E-state index >= 15 is 0 Å². The molecule has 0 fully saturated rings. The number of carbonyl (C=O) groups excluding carboxylic acids is 1. The van der Waals surface area contributed by atoms with E-state index in [0.717, 1.165) is 16.3 Å². The van der Waals surface area contributed by atoms with E-state index in [9.17, 15) is 25.0 Å². The Morgan fingerprint density at radius 1 is 1.06 bits per heavy atom. The van der Waals surface area contributed by atoms with Gasteiger partial charge in [-0.25, -0.2) is 4.98 Å². The molecule has 12 nitrogen and oxygen atoms in total. The van der Waals surface area contributed by atoms with Crippen LogP contribution in [0.4, 0.5) is 22.2 Å². The molecule has 1 aromatic heterocycles. The molecule has 0 spiro atoms. The number of thiazole rings is 1. The molecule has 0 saturated carbocycles. The first kappa shape index (κ1) is 20.9. The van der Waals surface area contributed by atoms with Gasteiger partial charge in [0.05, 0.1) is 26.9 Å². The molecule has 0 saturated heterocycles. The molecule has 13 heteroatoms. The second-order valence-corrected chi connectivity index (χ2v) is 7.45. The maximum Gasteiger partial charge on any atom is 0.282 e. The Morgan fingerprint density at radius 2 is 1.75 bits per heavy atom. The number of carbonyl (C=O) groups is 1. The quantitative estimate of drug-likeness (QED) is 0.305. The summed E-state index contributed by atoms with van der Waals surface area (Å²) in [5.41, 5.74) is 1.43. The summed E-state index contributed by atoms with van der Waals surface area (Å²) >= 11 is 1.15. The number of amides is 1. The zero-order chi connectivity index (χ0) is 22.8. The highest BCUT2D eigenvalue weighted by Crippen LogP contribution is 2.32. The van der Waals surface area contributed by atoms with Crippen molar-refractivity contribution >= 4 is 45.1 Å². The summed E-state index contributed by atoms with van der Waals surface area (Å²) in [5.74, 6) is -0.475. The number of non-ortho nitro benzene ring substituents is 2. The summed E-state index contributed by atoms with van der Waals surface area (Å²) in [4.78, 5) is 38.0. The van der Waals surface area contributed by atoms with Gasteiger partial charge in [-0.3, -0.25) is 25.0 Å². The number of hydrogen-bond donors (Lipinski definition) is 0. The van der Waals surface area contributed by atoms with E-state index in [1.54, 1.807) is 24.4 Å². The number of nitro groups is 2. The van der Waals surface area contributed by atoms with Gasteiger partial charge in [0.1, 0.15) is 0 Å². The van der Waals surface area contributed by atoms with Crippen molar-refractivity contribution in [2.24, 2.45) is 15.3 Å². The maximum atomic E-state index is 12.8. The third-order valence-electron chi connectivity index (χ3n) is 4.45. The minimum Gasteiger partial charge on any atom is -0.269 e. The van der Waals surface area contributed by atoms with Crippen LogP contribution in [0.2, 0.25) is 0 Å². The smallest absolute Gasteiger partial charge is 0.269 e. The first-order valence-corrected chi connectivity index (χ1v) is 9.96. The van der Waals surface area contributed by atoms with Gasteiger partial charge in [-0.1, -0.05) is 18.2 Å². The van der Waals surface area contributed by atoms with Crippen LogP contribution in [0.25, 0.3) is 11.3 Å². The molecule has 0 N–H and O–H groups in total. The van der Waals surface area contributed by atoms with Crippen molar-refractivity contribution in [3.63, 3.8) is 0 Å². The van der Waals surface area contributed by atoms with E-state index in [0.29, 0.717) is 17.0 Å². The zero-order valence-corrected chi connectivity index (χ0v) is 17.2. The molecule has 0 aliphatic carbocycles. The number of anilines is 1. The molecule has 0 radical (unpaired) electrons. The molecule has 1 atom stereocenters. The number of benzene rings is 2. The normalized spacial score (nSPS) is 15.9. The number of hydrazone groups is 1. The van der Waals surface area contributed by atoms with Crippen molar-refractivity contribution in [1.82, 2.24) is 4.98 Å². The Balaban J connectivity index is 1.54. The minimum atomic E-state index is -0.987. The Morgan fingerprint density at radius 3 is 2.47 bits per heavy atom. The molecule has 1 aliphatic heterocycles. The van der Waals surface area contributed by atoms with Gasteiger partial charge in [-0.2, -0.15) is 20.3 Å². The van der Waals surface area contributed by atoms with Crippen molar-refractivity contribution in [1.29, 1.82) is 0 Å². The van der Waals surface area contributed by atoms with Crippen molar-refractivity contribution in [3.8, 4) is 11.3 Å². The summed E-state index contributed by atoms with van der Waals surface area (Å²) in [7, 11) is 0. The standard InChI is InChI=1S/C19H13N7O5S/c1-11-17(22-21-13-5-3-7-15(9-13)26(30)31)18(27)24(23-11)19-20-16(10-32-19)12-4-2-6-14(8-12)25(28)29/h2-10,17H,1H3/t17-/m1/s1. The third kappa shape index (κ3) is 4.09. The van der Waals surface area contributed by atoms with E-state index in [2.05, 4.69) is 20.3 Å². The predicted molar refractivity (Wildman–Crippen MR) is 116 cm³/mol. The van der Waals surface area contributed by atoms with Gasteiger partial charge < -0.3 is 0 Å². The molecule has 160 valence electrons. The van der Waals surface area contributed by atoms with E-state index < -0.39 is 21.8 Å². The van der Waals surface area contributed by atoms with E-state index in [4.69, 9.17) is 0 Å². The fraction of sp³-hybridized carbons (Fsp3) is 0.105. The summed E-state index contributed by atoms with van der Waals surface area (Å²) in [5, 5.41) is 37.1. The van der Waals surface area contributed by atoms with Crippen molar-refractivity contribution in [2.75, 3.05) is 5.01 Å². The SMILES string of the molecule is CC1=NN(c2nc(-c3cccc([N+](=O)[O-])c3)cs2)C(=O)[C@@H]1N=Nc1cccc([N+](=O)[O-])c1. The number of rotatable bonds is 6. The van der Waals surface area contributed by atoms with Gasteiger partial charge in [0, 0.05) is 35.2 Å². The van der Waals surface area contributed by atoms with E-state index in [-0.39, 0.29) is 22.2 Å². The van der Waals surface area contributed by atoms with Gasteiger partial charge in [0.25, 0.3) is 17.3 Å². The summed E-state index contributed by atoms with van der Waals surface area (Å²) in [6, 6.07) is 10.6. The first-order chi connectivity index (χ1) is 15.3. The van der Waals surface area contributed by atoms with Gasteiger partial charge in [-0.05, 0) is 13.0 Å². The highest BCUT2D eigenvalue weighted by molar-refractivity contribution is 7.14. The lowest BCUT2D eigenvalue weighted by molar-refractivity contribution is -0.385. The van der Waals surface area contributed by atoms with Crippen molar-refractivity contribution in [2.45, 2.75) is 13.0 Å². The second-order valence-electron chi connectivity index (χ2n) is 6.61. The van der Waals surface area contributed by atoms with Crippen molar-refractivity contribution < 1.29 is 14.6 Å². The Bertz CT molecular complexity index is 1300. The number of aromatic nitrogens is 1. The molecule has 0 unspecified atom stereocenters. The van der Waals surface area contributed by atoms with Crippen LogP contribution in [-0.2, 0) is 4.79 Å². The van der Waals surface area contributed by atoms with Crippen LogP contribution >= 0.6 is 11.3 Å². The molecule has 4 rings (SSSR count). The van der Waals surface area contributed by atoms with E-state index in [1.165, 1.54) is 36.4 Å². The molecule has 0 bridgehead atoms. The van der Waals surface area contributed by atoms with Gasteiger partial charge >= 0.3 is 0 Å². The summed E-state index contributed by atoms with van der Waals surface area (Å²) < 4.78 is 0. The first-order valence-electron chi connectivity index (χ1n) is 9.08. The highest BCUT2D eigenvalue weighted by atomic mass is 32.1. The van der Waals surface area contributed by atoms with Gasteiger partial charge in [0.15, 0.2) is 6.04 Å². The van der Waals surface area contributed by atoms with Crippen LogP contribution in [0.15, 0.2) is 69.2 Å². The Hall–Kier alpha value is -4.39. The van der Waals surface area contributed by atoms with Crippen LogP contribution in [0, 0.1) is 20.2 Å². The van der Waals surface area contributed by atoms with Gasteiger partial charge in [0.2, 0.25) is 5.13 Å². The molecular formula is C19H13N7O5S. The molecule has 1 aliphatic rings. The van der Waals surface area contributed by atoms with E-state index in [1.807, 2.05) is 0 Å². The number of nitro benzene ring substituents is 2. The molecule has 32 heavy (non-hydrogen) atoms. The zero-order valence-electron chi connectivity index (χ0n) is 16.4. The van der Waals surface area contributed by atoms with Crippen LogP contribution < -0.4 is 5.01 Å². The van der Waals surface area contributed by atoms with Crippen molar-refractivity contribution in [3.05, 3.63) is 74.1 Å². The molecule has 1 amide bonds. The average molecular weight is 451 g/mol. The maximum absolute atomic E-state index is 12.8. The highest BCUT2D eigenvalue weighted by Gasteiger charge is 2.36. The Kier molecular flexibility index (Phi) is 5.47. The lowest BCUT2D eigenvalue weighted by Gasteiger charge is -2.08. The number of hydrogen-bond acceptors (Lipinski definition) is 10. The van der Waals surface area contributed by atoms with Gasteiger partial charge in [-0.15, -0.1) is 11.3 Å². The predicted octanol–water partition coefficient (Wildman–Crippen LogP) is 4.50. The topological polar surface area (TPSA) is 157 Å². The molecule has 2 heterocycles. The Labute approximate surface area is 183 Å². The van der Waals surface area contributed by atoms with Crippen LogP contribution in [-0.4, -0.2) is 32.5 Å². The number of nitrogens with zero attached hydrogens (tertiary/aromatic N) is 7. The fourth-order valence-electron chi connectivity index (χ4n) is 2.89. The summed E-state index contributed by atoms with van der Waals surface area (Å²) in [6.45, 7) is 1.62. The van der Waals surface area contributed by atoms with Crippen LogP contribution in [0.5, 0.6) is 0 Å². The van der Waals surface area contributed by atoms with Crippen LogP contribution in [0.1, 0.15) is 6.92 Å². The average Bonchev–Trinajstić information content (AvgIpc) is 3.37. The fourth-order valence-corrected chi connectivity index (χ4v) is 3.68. The monoisotopic (exact) mass is 451 g/mol. The van der Waals surface area contributed by atoms with Crippen LogP contribution in [0.3, 0.4) is 0 Å². The summed E-state index contributed by atoms with van der Waals surface area (Å²) in [6.07, 6.45) is 0. The number of azo groups is 1. The lowest BCUT2D eigenvalue weighted by Crippen LogP contribution is -2.29. The molecular weight excluding hydrogens is 438 g/mol. The lowest BCUT2D eigenvalue weighted by atomic mass is 10.1. The molecule has 2 aromatic carbocycles. The largest absolute Gasteiger partial charge is 0.282 e. The second kappa shape index (κ2) is 8.39.